The third kappa shape index (κ3) is 4.48. The second kappa shape index (κ2) is 8.22. The first-order valence-corrected chi connectivity index (χ1v) is 9.10. The van der Waals surface area contributed by atoms with Crippen molar-refractivity contribution in [2.45, 2.75) is 25.3 Å². The predicted octanol–water partition coefficient (Wildman–Crippen LogP) is 2.33. The highest BCUT2D eigenvalue weighted by atomic mass is 16.5. The van der Waals surface area contributed by atoms with Gasteiger partial charge in [-0.15, -0.1) is 0 Å². The van der Waals surface area contributed by atoms with Crippen LogP contribution in [-0.4, -0.2) is 32.1 Å². The molecule has 2 aromatic rings. The van der Waals surface area contributed by atoms with E-state index in [9.17, 15) is 14.4 Å². The Morgan fingerprint density at radius 3 is 2.34 bits per heavy atom. The number of nitrogens with one attached hydrogen (secondary N) is 3. The molecule has 29 heavy (non-hydrogen) atoms. The van der Waals surface area contributed by atoms with Gasteiger partial charge < -0.3 is 20.1 Å². The van der Waals surface area contributed by atoms with Gasteiger partial charge in [0.05, 0.1) is 14.2 Å². The van der Waals surface area contributed by atoms with Crippen molar-refractivity contribution in [1.82, 2.24) is 10.6 Å². The minimum absolute atomic E-state index is 0.172. The molecule has 0 spiro atoms. The molecule has 0 unspecified atom stereocenters. The summed E-state index contributed by atoms with van der Waals surface area (Å²) in [6.45, 7) is 1.62. The van der Waals surface area contributed by atoms with Gasteiger partial charge in [-0.1, -0.05) is 12.1 Å². The van der Waals surface area contributed by atoms with Crippen molar-refractivity contribution in [2.24, 2.45) is 0 Å². The Labute approximate surface area is 168 Å². The van der Waals surface area contributed by atoms with Gasteiger partial charge in [0, 0.05) is 18.2 Å². The van der Waals surface area contributed by atoms with Gasteiger partial charge in [-0.3, -0.25) is 14.9 Å². The monoisotopic (exact) mass is 397 g/mol. The first-order chi connectivity index (χ1) is 13.8. The number of hydrogen-bond acceptors (Lipinski definition) is 5. The van der Waals surface area contributed by atoms with Crippen molar-refractivity contribution in [3.05, 3.63) is 53.6 Å². The molecule has 1 atom stereocenters. The van der Waals surface area contributed by atoms with Crippen LogP contribution in [0.4, 0.5) is 10.5 Å². The number of hydrogen-bond donors (Lipinski definition) is 3. The summed E-state index contributed by atoms with van der Waals surface area (Å²) in [6.07, 6.45) is 0.768. The van der Waals surface area contributed by atoms with Crippen molar-refractivity contribution in [3.8, 4) is 11.5 Å². The second-order valence-corrected chi connectivity index (χ2v) is 6.88. The van der Waals surface area contributed by atoms with Crippen molar-refractivity contribution in [3.63, 3.8) is 0 Å². The zero-order valence-electron chi connectivity index (χ0n) is 16.5. The van der Waals surface area contributed by atoms with Crippen molar-refractivity contribution < 1.29 is 23.9 Å². The summed E-state index contributed by atoms with van der Waals surface area (Å²) in [4.78, 5) is 36.0. The van der Waals surface area contributed by atoms with Crippen LogP contribution in [0.2, 0.25) is 0 Å². The fraction of sp³-hybridized carbons (Fsp3) is 0.286. The Morgan fingerprint density at radius 1 is 1.07 bits per heavy atom. The normalized spacial score (nSPS) is 18.0. The Kier molecular flexibility index (Phi) is 5.72. The number of benzene rings is 2. The van der Waals surface area contributed by atoms with Gasteiger partial charge in [0.1, 0.15) is 17.0 Å². The molecule has 3 rings (SSSR count). The molecule has 8 heteroatoms. The maximum atomic E-state index is 12.4. The van der Waals surface area contributed by atoms with Crippen LogP contribution in [0, 0.1) is 0 Å². The van der Waals surface area contributed by atoms with E-state index in [1.54, 1.807) is 51.5 Å². The Balaban J connectivity index is 1.66. The molecule has 0 radical (unpaired) electrons. The molecule has 4 amide bonds. The highest BCUT2D eigenvalue weighted by molar-refractivity contribution is 6.07. The third-order valence-electron chi connectivity index (χ3n) is 4.82. The van der Waals surface area contributed by atoms with E-state index in [0.29, 0.717) is 29.2 Å². The zero-order valence-corrected chi connectivity index (χ0v) is 16.5. The van der Waals surface area contributed by atoms with Crippen LogP contribution >= 0.6 is 0 Å². The third-order valence-corrected chi connectivity index (χ3v) is 4.82. The van der Waals surface area contributed by atoms with E-state index in [-0.39, 0.29) is 12.3 Å². The van der Waals surface area contributed by atoms with Crippen LogP contribution in [-0.2, 0) is 21.5 Å². The average Bonchev–Trinajstić information content (AvgIpc) is 2.98. The first kappa shape index (κ1) is 20.2. The van der Waals surface area contributed by atoms with E-state index >= 15 is 0 Å². The number of amides is 4. The number of urea groups is 1. The summed E-state index contributed by atoms with van der Waals surface area (Å²) in [6, 6.07) is 11.8. The van der Waals surface area contributed by atoms with Gasteiger partial charge in [0.2, 0.25) is 5.91 Å². The fourth-order valence-corrected chi connectivity index (χ4v) is 3.15. The molecule has 1 heterocycles. The Morgan fingerprint density at radius 2 is 1.76 bits per heavy atom. The molecule has 0 saturated carbocycles. The van der Waals surface area contributed by atoms with E-state index in [1.165, 1.54) is 0 Å². The first-order valence-electron chi connectivity index (χ1n) is 9.10. The predicted molar refractivity (Wildman–Crippen MR) is 107 cm³/mol. The van der Waals surface area contributed by atoms with E-state index in [4.69, 9.17) is 9.47 Å². The lowest BCUT2D eigenvalue weighted by molar-refractivity contribution is -0.123. The number of carbonyl (C=O) groups excluding carboxylic acids is 3. The van der Waals surface area contributed by atoms with Gasteiger partial charge in [0.15, 0.2) is 0 Å². The second-order valence-electron chi connectivity index (χ2n) is 6.88. The topological polar surface area (TPSA) is 106 Å². The summed E-state index contributed by atoms with van der Waals surface area (Å²) in [7, 11) is 3.15. The smallest absolute Gasteiger partial charge is 0.322 e. The minimum Gasteiger partial charge on any atom is -0.497 e. The maximum Gasteiger partial charge on any atom is 0.322 e. The number of anilines is 1. The van der Waals surface area contributed by atoms with E-state index in [2.05, 4.69) is 16.0 Å². The van der Waals surface area contributed by atoms with Crippen LogP contribution < -0.4 is 25.4 Å². The molecule has 2 aromatic carbocycles. The molecular weight excluding hydrogens is 374 g/mol. The number of methoxy groups -OCH3 is 2. The molecule has 1 aliphatic rings. The number of rotatable bonds is 7. The number of ether oxygens (including phenoxy) is 2. The maximum absolute atomic E-state index is 12.4. The summed E-state index contributed by atoms with van der Waals surface area (Å²) >= 11 is 0. The Bertz CT molecular complexity index is 937. The van der Waals surface area contributed by atoms with Crippen LogP contribution in [0.3, 0.4) is 0 Å². The van der Waals surface area contributed by atoms with Gasteiger partial charge >= 0.3 is 6.03 Å². The van der Waals surface area contributed by atoms with Crippen molar-refractivity contribution in [1.29, 1.82) is 0 Å². The lowest BCUT2D eigenvalue weighted by atomic mass is 9.92. The molecular formula is C21H23N3O5. The van der Waals surface area contributed by atoms with Crippen molar-refractivity contribution in [2.75, 3.05) is 19.5 Å². The summed E-state index contributed by atoms with van der Waals surface area (Å²) < 4.78 is 10.5. The largest absolute Gasteiger partial charge is 0.497 e. The fourth-order valence-electron chi connectivity index (χ4n) is 3.15. The summed E-state index contributed by atoms with van der Waals surface area (Å²) in [5, 5.41) is 7.67. The van der Waals surface area contributed by atoms with Gasteiger partial charge in [-0.2, -0.15) is 0 Å². The zero-order chi connectivity index (χ0) is 21.0. The van der Waals surface area contributed by atoms with Crippen LogP contribution in [0.5, 0.6) is 11.5 Å². The molecule has 152 valence electrons. The van der Waals surface area contributed by atoms with E-state index in [0.717, 1.165) is 5.56 Å². The van der Waals surface area contributed by atoms with Gasteiger partial charge in [0.25, 0.3) is 5.91 Å². The molecule has 0 aliphatic carbocycles. The number of imide groups is 1. The van der Waals surface area contributed by atoms with Crippen LogP contribution in [0.25, 0.3) is 0 Å². The number of carbonyl (C=O) groups is 3. The molecule has 8 nitrogen and oxygen atoms in total. The van der Waals surface area contributed by atoms with Gasteiger partial charge in [-0.05, 0) is 48.7 Å². The lowest BCUT2D eigenvalue weighted by Crippen LogP contribution is -2.40. The van der Waals surface area contributed by atoms with Gasteiger partial charge in [-0.25, -0.2) is 4.79 Å². The minimum atomic E-state index is -1.17. The average molecular weight is 397 g/mol. The summed E-state index contributed by atoms with van der Waals surface area (Å²) in [5.74, 6) is 0.724. The van der Waals surface area contributed by atoms with Crippen LogP contribution in [0.1, 0.15) is 24.5 Å². The molecule has 1 fully saturated rings. The molecule has 1 saturated heterocycles. The molecule has 3 N–H and O–H groups in total. The highest BCUT2D eigenvalue weighted by Gasteiger charge is 2.43. The molecule has 0 bridgehead atoms. The number of aryl methyl sites for hydroxylation is 1. The van der Waals surface area contributed by atoms with E-state index in [1.807, 2.05) is 12.1 Å². The SMILES string of the molecule is COc1cc(CCC(=O)Nc2cccc([C@]3(C)NC(=O)NC3=O)c2)cc(OC)c1. The molecule has 1 aliphatic heterocycles. The highest BCUT2D eigenvalue weighted by Crippen LogP contribution is 2.27. The summed E-state index contributed by atoms with van der Waals surface area (Å²) in [5.41, 5.74) is 0.875. The quantitative estimate of drug-likeness (QED) is 0.622. The lowest BCUT2D eigenvalue weighted by Gasteiger charge is -2.21. The standard InChI is InChI=1S/C21H23N3O5/c1-21(19(26)23-20(27)24-21)14-5-4-6-15(11-14)22-18(25)8-7-13-9-16(28-2)12-17(10-13)29-3/h4-6,9-12H,7-8H2,1-3H3,(H,22,25)(H2,23,24,26,27)/t21-/m0/s1. The van der Waals surface area contributed by atoms with E-state index < -0.39 is 17.5 Å². The van der Waals surface area contributed by atoms with Crippen LogP contribution in [0.15, 0.2) is 42.5 Å². The molecule has 0 aromatic heterocycles. The van der Waals surface area contributed by atoms with Crippen molar-refractivity contribution >= 4 is 23.5 Å². The Hall–Kier alpha value is -3.55.